The number of H-pyrrole nitrogens is 1. The summed E-state index contributed by atoms with van der Waals surface area (Å²) in [4.78, 5) is 40.5. The van der Waals surface area contributed by atoms with E-state index in [-0.39, 0.29) is 34.4 Å². The second kappa shape index (κ2) is 21.4. The molecule has 4 N–H and O–H groups in total. The number of methoxy groups -OCH3 is 1. The van der Waals surface area contributed by atoms with Gasteiger partial charge in [0.1, 0.15) is 28.6 Å². The van der Waals surface area contributed by atoms with E-state index in [0.29, 0.717) is 53.5 Å². The lowest BCUT2D eigenvalue weighted by Crippen LogP contribution is -2.60. The standard InChI is InChI=1S/C57H67ClN8O8S/c1-37(2)45-7-5-6-8-46(45)51-36-63(35-39-9-13-48(58)53(27-39)73-4)25-26-65(51)42-31-57(32-42)20-23-64(24-21-57)41-10-12-47(52(29-41)74-43-28-40-17-22-59-54(40)61-34-43)55(67)62-75(71,72)44-11-14-49(50(30-44)66(69)70)60-33-38-15-18-56(3,68)19-16-38/h5-14,17,22,27-30,34,37-38,42,51,60,68H,15-16,18-21,23-26,31-33,35-36H2,1-4H3,(H,59,61)(H,62,67)/t38-,51-,56-/m0/s1. The van der Waals surface area contributed by atoms with Crippen LogP contribution >= 0.6 is 11.6 Å². The van der Waals surface area contributed by atoms with Crippen LogP contribution in [0.3, 0.4) is 0 Å². The largest absolute Gasteiger partial charge is 0.495 e. The van der Waals surface area contributed by atoms with Gasteiger partial charge in [-0.05, 0) is 141 Å². The Morgan fingerprint density at radius 1 is 0.960 bits per heavy atom. The molecule has 18 heteroatoms. The van der Waals surface area contributed by atoms with Crippen molar-refractivity contribution in [3.63, 3.8) is 0 Å². The van der Waals surface area contributed by atoms with Gasteiger partial charge in [-0.3, -0.25) is 24.7 Å². The van der Waals surface area contributed by atoms with Gasteiger partial charge in [0.2, 0.25) is 0 Å². The molecule has 4 aliphatic rings. The number of nitro benzene ring substituents is 1. The highest BCUT2D eigenvalue weighted by Gasteiger charge is 2.50. The first-order valence-corrected chi connectivity index (χ1v) is 28.0. The van der Waals surface area contributed by atoms with E-state index < -0.39 is 37.0 Å². The van der Waals surface area contributed by atoms with Crippen LogP contribution in [0.1, 0.15) is 111 Å². The number of aromatic amines is 1. The average molecular weight is 1060 g/mol. The third kappa shape index (κ3) is 11.5. The fourth-order valence-electron chi connectivity index (χ4n) is 12.0. The second-order valence-electron chi connectivity index (χ2n) is 21.9. The predicted molar refractivity (Wildman–Crippen MR) is 292 cm³/mol. The number of nitrogens with one attached hydrogen (secondary N) is 3. The van der Waals surface area contributed by atoms with Crippen LogP contribution in [-0.2, 0) is 16.6 Å². The van der Waals surface area contributed by atoms with Gasteiger partial charge >= 0.3 is 0 Å². The molecule has 4 heterocycles. The van der Waals surface area contributed by atoms with E-state index in [1.165, 1.54) is 35.0 Å². The number of aromatic nitrogens is 2. The molecule has 4 fully saturated rings. The molecule has 4 aromatic carbocycles. The highest BCUT2D eigenvalue weighted by atomic mass is 35.5. The minimum absolute atomic E-state index is 0.0346. The molecular weight excluding hydrogens is 992 g/mol. The Hall–Kier alpha value is -6.24. The molecule has 1 atom stereocenters. The number of nitrogens with zero attached hydrogens (tertiary/aromatic N) is 5. The van der Waals surface area contributed by atoms with Crippen molar-refractivity contribution in [3.8, 4) is 17.2 Å². The topological polar surface area (TPSA) is 195 Å². The van der Waals surface area contributed by atoms with Gasteiger partial charge < -0.3 is 29.8 Å². The smallest absolute Gasteiger partial charge is 0.293 e. The quantitative estimate of drug-likeness (QED) is 0.0529. The number of amides is 1. The van der Waals surface area contributed by atoms with Crippen molar-refractivity contribution in [1.82, 2.24) is 24.5 Å². The number of nitro groups is 1. The van der Waals surface area contributed by atoms with Gasteiger partial charge in [-0.1, -0.05) is 55.8 Å². The van der Waals surface area contributed by atoms with E-state index in [2.05, 4.69) is 78.9 Å². The number of hydrogen-bond acceptors (Lipinski definition) is 13. The summed E-state index contributed by atoms with van der Waals surface area (Å²) >= 11 is 6.39. The van der Waals surface area contributed by atoms with Crippen LogP contribution in [0.25, 0.3) is 11.0 Å². The van der Waals surface area contributed by atoms with E-state index >= 15 is 0 Å². The van der Waals surface area contributed by atoms with Gasteiger partial charge in [0.05, 0.1) is 39.3 Å². The van der Waals surface area contributed by atoms with Crippen molar-refractivity contribution in [1.29, 1.82) is 0 Å². The SMILES string of the molecule is COc1cc(CN2CCN(C3CC4(CCN(c5ccc(C(=O)NS(=O)(=O)c6ccc(NC[C@H]7CC[C@](C)(O)CC7)c([N+](=O)[O-])c6)c(Oc6cnc7[nH]ccc7c6)c5)CC4)C3)[C@H](c3ccccc3C(C)C)C2)ccc1Cl. The molecule has 75 heavy (non-hydrogen) atoms. The van der Waals surface area contributed by atoms with Crippen molar-refractivity contribution >= 4 is 55.6 Å². The molecule has 2 aromatic heterocycles. The summed E-state index contributed by atoms with van der Waals surface area (Å²) in [5.41, 5.74) is 4.68. The normalized spacial score (nSPS) is 21.5. The van der Waals surface area contributed by atoms with Crippen LogP contribution < -0.4 is 24.4 Å². The second-order valence-corrected chi connectivity index (χ2v) is 23.9. The fraction of sp³-hybridized carbons (Fsp3) is 0.439. The summed E-state index contributed by atoms with van der Waals surface area (Å²) in [7, 11) is -2.94. The Balaban J connectivity index is 0.832. The number of hydrogen-bond donors (Lipinski definition) is 4. The number of piperidine rings is 1. The Morgan fingerprint density at radius 3 is 2.48 bits per heavy atom. The first-order chi connectivity index (χ1) is 35.9. The fourth-order valence-corrected chi connectivity index (χ4v) is 13.2. The monoisotopic (exact) mass is 1060 g/mol. The number of aliphatic hydroxyl groups is 1. The van der Waals surface area contributed by atoms with Gasteiger partial charge in [0, 0.05) is 87.3 Å². The van der Waals surface area contributed by atoms with Crippen molar-refractivity contribution in [2.45, 2.75) is 107 Å². The maximum Gasteiger partial charge on any atom is 0.293 e. The average Bonchev–Trinajstić information content (AvgIpc) is 3.86. The van der Waals surface area contributed by atoms with Crippen LogP contribution in [0, 0.1) is 21.4 Å². The minimum Gasteiger partial charge on any atom is -0.495 e. The number of piperazine rings is 1. The van der Waals surface area contributed by atoms with Crippen molar-refractivity contribution in [3.05, 3.63) is 141 Å². The number of benzene rings is 4. The predicted octanol–water partition coefficient (Wildman–Crippen LogP) is 10.8. The summed E-state index contributed by atoms with van der Waals surface area (Å²) in [5, 5.41) is 27.1. The molecular formula is C57H67ClN8O8S. The summed E-state index contributed by atoms with van der Waals surface area (Å²) < 4.78 is 41.8. The summed E-state index contributed by atoms with van der Waals surface area (Å²) in [5.74, 6) is 0.822. The number of pyridine rings is 1. The molecule has 0 bridgehead atoms. The minimum atomic E-state index is -4.59. The lowest BCUT2D eigenvalue weighted by molar-refractivity contribution is -0.384. The van der Waals surface area contributed by atoms with Gasteiger partial charge in [0.15, 0.2) is 0 Å². The molecule has 6 aromatic rings. The van der Waals surface area contributed by atoms with E-state index in [0.717, 1.165) is 94.9 Å². The number of anilines is 2. The van der Waals surface area contributed by atoms with E-state index in [1.54, 1.807) is 31.5 Å². The lowest BCUT2D eigenvalue weighted by Gasteiger charge is -2.58. The zero-order chi connectivity index (χ0) is 52.6. The first-order valence-electron chi connectivity index (χ1n) is 26.2. The van der Waals surface area contributed by atoms with Crippen molar-refractivity contribution in [2.24, 2.45) is 11.3 Å². The maximum absolute atomic E-state index is 14.1. The Morgan fingerprint density at radius 2 is 1.73 bits per heavy atom. The van der Waals surface area contributed by atoms with Gasteiger partial charge in [0.25, 0.3) is 21.6 Å². The highest BCUT2D eigenvalue weighted by Crippen LogP contribution is 2.53. The van der Waals surface area contributed by atoms with Crippen LogP contribution in [0.5, 0.6) is 17.2 Å². The van der Waals surface area contributed by atoms with Crippen molar-refractivity contribution in [2.75, 3.05) is 56.6 Å². The molecule has 0 radical (unpaired) electrons. The number of rotatable bonds is 16. The van der Waals surface area contributed by atoms with E-state index in [9.17, 15) is 28.4 Å². The van der Waals surface area contributed by atoms with E-state index in [1.807, 2.05) is 31.2 Å². The van der Waals surface area contributed by atoms with Gasteiger partial charge in [-0.25, -0.2) is 18.1 Å². The summed E-state index contributed by atoms with van der Waals surface area (Å²) in [6, 6.07) is 28.1. The molecule has 2 saturated carbocycles. The molecule has 1 spiro atoms. The van der Waals surface area contributed by atoms with Crippen LogP contribution in [0.15, 0.2) is 108 Å². The number of sulfonamides is 1. The molecule has 2 aliphatic heterocycles. The highest BCUT2D eigenvalue weighted by molar-refractivity contribution is 7.90. The third-order valence-corrected chi connectivity index (χ3v) is 18.0. The Labute approximate surface area is 444 Å². The number of ether oxygens (including phenoxy) is 2. The molecule has 396 valence electrons. The maximum atomic E-state index is 14.1. The zero-order valence-electron chi connectivity index (χ0n) is 43.1. The van der Waals surface area contributed by atoms with Gasteiger partial charge in [-0.2, -0.15) is 0 Å². The number of fused-ring (bicyclic) bond motifs is 1. The lowest BCUT2D eigenvalue weighted by atomic mass is 9.59. The number of carbonyl (C=O) groups is 1. The van der Waals surface area contributed by atoms with Crippen LogP contribution in [0.4, 0.5) is 17.1 Å². The number of carbonyl (C=O) groups excluding carboxylic acids is 1. The van der Waals surface area contributed by atoms with Crippen LogP contribution in [-0.4, -0.2) is 102 Å². The summed E-state index contributed by atoms with van der Waals surface area (Å²) in [6.07, 6.45) is 10.3. The molecule has 16 nitrogen and oxygen atoms in total. The molecule has 0 unspecified atom stereocenters. The van der Waals surface area contributed by atoms with Crippen LogP contribution in [0.2, 0.25) is 5.02 Å². The molecule has 10 rings (SSSR count). The molecule has 2 saturated heterocycles. The number of halogens is 1. The van der Waals surface area contributed by atoms with Gasteiger partial charge in [-0.15, -0.1) is 0 Å². The first kappa shape index (κ1) is 52.2. The zero-order valence-corrected chi connectivity index (χ0v) is 44.6. The Kier molecular flexibility index (Phi) is 14.9. The third-order valence-electron chi connectivity index (χ3n) is 16.4. The molecule has 2 aliphatic carbocycles. The summed E-state index contributed by atoms with van der Waals surface area (Å²) in [6.45, 7) is 12.1. The molecule has 1 amide bonds. The Bertz CT molecular complexity index is 3180. The van der Waals surface area contributed by atoms with E-state index in [4.69, 9.17) is 21.1 Å². The van der Waals surface area contributed by atoms with Crippen molar-refractivity contribution < 1.29 is 32.7 Å².